The lowest BCUT2D eigenvalue weighted by atomic mass is 10.3. The second-order valence-corrected chi connectivity index (χ2v) is 3.96. The van der Waals surface area contributed by atoms with E-state index < -0.39 is 0 Å². The number of urea groups is 1. The summed E-state index contributed by atoms with van der Waals surface area (Å²) in [6.45, 7) is 6.12. The molecule has 1 heterocycles. The van der Waals surface area contributed by atoms with Gasteiger partial charge in [0.05, 0.1) is 0 Å². The van der Waals surface area contributed by atoms with Crippen LogP contribution in [0.3, 0.4) is 0 Å². The van der Waals surface area contributed by atoms with Crippen LogP contribution in [0.1, 0.15) is 6.92 Å². The van der Waals surface area contributed by atoms with Gasteiger partial charge in [0.25, 0.3) is 0 Å². The molecule has 14 heavy (non-hydrogen) atoms. The summed E-state index contributed by atoms with van der Waals surface area (Å²) in [6, 6.07) is 0.242. The van der Waals surface area contributed by atoms with Gasteiger partial charge in [0.1, 0.15) is 0 Å². The van der Waals surface area contributed by atoms with E-state index in [1.165, 1.54) is 0 Å². The van der Waals surface area contributed by atoms with Gasteiger partial charge in [0.2, 0.25) is 0 Å². The Kier molecular flexibility index (Phi) is 4.16. The molecule has 0 spiro atoms. The first-order valence-corrected chi connectivity index (χ1v) is 5.06. The van der Waals surface area contributed by atoms with Gasteiger partial charge in [-0.05, 0) is 14.0 Å². The molecular weight excluding hydrogens is 180 g/mol. The number of likely N-dealkylation sites (N-methyl/N-ethyl adjacent to an activating group) is 1. The number of rotatable bonds is 5. The Labute approximate surface area is 85.2 Å². The Morgan fingerprint density at radius 3 is 2.93 bits per heavy atom. The lowest BCUT2D eigenvalue weighted by Crippen LogP contribution is -2.39. The molecular formula is C9H20N4O. The molecule has 0 aromatic carbocycles. The van der Waals surface area contributed by atoms with Crippen LogP contribution in [0.5, 0.6) is 0 Å². The summed E-state index contributed by atoms with van der Waals surface area (Å²) in [7, 11) is 2.03. The summed E-state index contributed by atoms with van der Waals surface area (Å²) < 4.78 is 0. The molecule has 1 fully saturated rings. The Balaban J connectivity index is 2.16. The van der Waals surface area contributed by atoms with E-state index in [0.717, 1.165) is 32.7 Å². The first-order chi connectivity index (χ1) is 6.59. The lowest BCUT2D eigenvalue weighted by molar-refractivity contribution is 0.207. The van der Waals surface area contributed by atoms with Crippen molar-refractivity contribution < 1.29 is 4.79 Å². The van der Waals surface area contributed by atoms with Gasteiger partial charge >= 0.3 is 6.03 Å². The number of carbonyl (C=O) groups is 1. The largest absolute Gasteiger partial charge is 0.336 e. The standard InChI is InChI=1S/C9H20N4O/c1-8(10)7-12(2)5-6-13-4-3-11-9(13)14/h8H,3-7,10H2,1-2H3,(H,11,14). The molecule has 3 N–H and O–H groups in total. The molecule has 0 aromatic heterocycles. The van der Waals surface area contributed by atoms with Gasteiger partial charge in [-0.15, -0.1) is 0 Å². The smallest absolute Gasteiger partial charge is 0.317 e. The third kappa shape index (κ3) is 3.51. The minimum absolute atomic E-state index is 0.0548. The van der Waals surface area contributed by atoms with Crippen LogP contribution in [0, 0.1) is 0 Å². The zero-order valence-electron chi connectivity index (χ0n) is 8.99. The first kappa shape index (κ1) is 11.3. The number of hydrogen-bond acceptors (Lipinski definition) is 3. The van der Waals surface area contributed by atoms with Crippen molar-refractivity contribution >= 4 is 6.03 Å². The predicted octanol–water partition coefficient (Wildman–Crippen LogP) is -0.709. The quantitative estimate of drug-likeness (QED) is 0.616. The normalized spacial score (nSPS) is 18.9. The molecule has 5 nitrogen and oxygen atoms in total. The highest BCUT2D eigenvalue weighted by molar-refractivity contribution is 5.76. The third-order valence-electron chi connectivity index (χ3n) is 2.30. The number of nitrogens with one attached hydrogen (secondary N) is 1. The molecule has 0 aromatic rings. The van der Waals surface area contributed by atoms with Gasteiger partial charge < -0.3 is 20.9 Å². The predicted molar refractivity (Wildman–Crippen MR) is 56.1 cm³/mol. The fourth-order valence-electron chi connectivity index (χ4n) is 1.60. The molecule has 2 amide bonds. The maximum Gasteiger partial charge on any atom is 0.317 e. The molecule has 0 radical (unpaired) electrons. The Bertz CT molecular complexity index is 195. The molecule has 1 unspecified atom stereocenters. The number of nitrogens with two attached hydrogens (primary N) is 1. The van der Waals surface area contributed by atoms with Crippen molar-refractivity contribution in [3.8, 4) is 0 Å². The highest BCUT2D eigenvalue weighted by atomic mass is 16.2. The van der Waals surface area contributed by atoms with Crippen LogP contribution in [0.4, 0.5) is 4.79 Å². The van der Waals surface area contributed by atoms with Crippen molar-refractivity contribution in [2.24, 2.45) is 5.73 Å². The zero-order valence-corrected chi connectivity index (χ0v) is 8.99. The minimum Gasteiger partial charge on any atom is -0.336 e. The summed E-state index contributed by atoms with van der Waals surface area (Å²) in [5, 5.41) is 2.78. The van der Waals surface area contributed by atoms with Crippen LogP contribution < -0.4 is 11.1 Å². The molecule has 1 saturated heterocycles. The topological polar surface area (TPSA) is 61.6 Å². The molecule has 1 atom stereocenters. The van der Waals surface area contributed by atoms with Crippen LogP contribution in [0.25, 0.3) is 0 Å². The third-order valence-corrected chi connectivity index (χ3v) is 2.30. The van der Waals surface area contributed by atoms with E-state index in [4.69, 9.17) is 5.73 Å². The van der Waals surface area contributed by atoms with Crippen LogP contribution in [-0.2, 0) is 0 Å². The Morgan fingerprint density at radius 1 is 1.71 bits per heavy atom. The average Bonchev–Trinajstić information content (AvgIpc) is 2.46. The lowest BCUT2D eigenvalue weighted by Gasteiger charge is -2.22. The Hall–Kier alpha value is -0.810. The van der Waals surface area contributed by atoms with Gasteiger partial charge in [-0.25, -0.2) is 4.79 Å². The monoisotopic (exact) mass is 200 g/mol. The number of carbonyl (C=O) groups excluding carboxylic acids is 1. The molecule has 0 aliphatic carbocycles. The van der Waals surface area contributed by atoms with Crippen molar-refractivity contribution in [3.63, 3.8) is 0 Å². The Morgan fingerprint density at radius 2 is 2.43 bits per heavy atom. The van der Waals surface area contributed by atoms with Crippen molar-refractivity contribution in [3.05, 3.63) is 0 Å². The SMILES string of the molecule is CC(N)CN(C)CCN1CCNC1=O. The highest BCUT2D eigenvalue weighted by Gasteiger charge is 2.18. The summed E-state index contributed by atoms with van der Waals surface area (Å²) in [6.07, 6.45) is 0. The molecule has 0 saturated carbocycles. The van der Waals surface area contributed by atoms with E-state index in [-0.39, 0.29) is 12.1 Å². The summed E-state index contributed by atoms with van der Waals surface area (Å²) in [4.78, 5) is 15.2. The molecule has 1 aliphatic heterocycles. The fourth-order valence-corrected chi connectivity index (χ4v) is 1.60. The molecule has 1 rings (SSSR count). The van der Waals surface area contributed by atoms with Gasteiger partial charge in [-0.3, -0.25) is 0 Å². The van der Waals surface area contributed by atoms with Crippen LogP contribution >= 0.6 is 0 Å². The number of amides is 2. The summed E-state index contributed by atoms with van der Waals surface area (Å²) in [5.74, 6) is 0. The second kappa shape index (κ2) is 5.17. The minimum atomic E-state index is 0.0548. The molecule has 1 aliphatic rings. The average molecular weight is 200 g/mol. The van der Waals surface area contributed by atoms with Crippen molar-refractivity contribution in [1.29, 1.82) is 0 Å². The van der Waals surface area contributed by atoms with Crippen LogP contribution in [0.15, 0.2) is 0 Å². The summed E-state index contributed by atoms with van der Waals surface area (Å²) >= 11 is 0. The van der Waals surface area contributed by atoms with Crippen molar-refractivity contribution in [2.45, 2.75) is 13.0 Å². The maximum atomic E-state index is 11.2. The van der Waals surface area contributed by atoms with E-state index in [2.05, 4.69) is 10.2 Å². The van der Waals surface area contributed by atoms with E-state index in [1.54, 1.807) is 0 Å². The van der Waals surface area contributed by atoms with E-state index in [9.17, 15) is 4.79 Å². The van der Waals surface area contributed by atoms with Gasteiger partial charge in [0.15, 0.2) is 0 Å². The fraction of sp³-hybridized carbons (Fsp3) is 0.889. The van der Waals surface area contributed by atoms with Crippen LogP contribution in [0.2, 0.25) is 0 Å². The van der Waals surface area contributed by atoms with E-state index >= 15 is 0 Å². The number of nitrogens with zero attached hydrogens (tertiary/aromatic N) is 2. The van der Waals surface area contributed by atoms with Crippen molar-refractivity contribution in [2.75, 3.05) is 39.8 Å². The van der Waals surface area contributed by atoms with E-state index in [0.29, 0.717) is 0 Å². The first-order valence-electron chi connectivity index (χ1n) is 5.06. The number of hydrogen-bond donors (Lipinski definition) is 2. The van der Waals surface area contributed by atoms with Gasteiger partial charge in [-0.1, -0.05) is 0 Å². The maximum absolute atomic E-state index is 11.2. The van der Waals surface area contributed by atoms with Crippen molar-refractivity contribution in [1.82, 2.24) is 15.1 Å². The van der Waals surface area contributed by atoms with E-state index in [1.807, 2.05) is 18.9 Å². The zero-order chi connectivity index (χ0) is 10.6. The van der Waals surface area contributed by atoms with Crippen LogP contribution in [-0.4, -0.2) is 61.6 Å². The van der Waals surface area contributed by atoms with Gasteiger partial charge in [-0.2, -0.15) is 0 Å². The molecule has 0 bridgehead atoms. The molecule has 5 heteroatoms. The molecule has 82 valence electrons. The summed E-state index contributed by atoms with van der Waals surface area (Å²) in [5.41, 5.74) is 5.67. The van der Waals surface area contributed by atoms with Gasteiger partial charge in [0, 0.05) is 38.8 Å². The highest BCUT2D eigenvalue weighted by Crippen LogP contribution is 1.96. The second-order valence-electron chi connectivity index (χ2n) is 3.96.